The minimum atomic E-state index is 0.256. The summed E-state index contributed by atoms with van der Waals surface area (Å²) in [5.74, 6) is 1.75. The predicted octanol–water partition coefficient (Wildman–Crippen LogP) is 1.47. The second kappa shape index (κ2) is 5.29. The maximum Gasteiger partial charge on any atom is 0.231 e. The van der Waals surface area contributed by atoms with Gasteiger partial charge in [0.1, 0.15) is 12.3 Å². The molecular weight excluding hydrogens is 242 g/mol. The van der Waals surface area contributed by atoms with Crippen molar-refractivity contribution in [2.24, 2.45) is 0 Å². The number of ether oxygens (including phenoxy) is 2. The van der Waals surface area contributed by atoms with Crippen LogP contribution in [-0.2, 0) is 6.54 Å². The lowest BCUT2D eigenvalue weighted by Gasteiger charge is -2.32. The van der Waals surface area contributed by atoms with Crippen molar-refractivity contribution in [2.45, 2.75) is 45.2 Å². The van der Waals surface area contributed by atoms with Crippen molar-refractivity contribution in [3.05, 3.63) is 17.7 Å². The van der Waals surface area contributed by atoms with E-state index < -0.39 is 0 Å². The quantitative estimate of drug-likeness (QED) is 0.869. The summed E-state index contributed by atoms with van der Waals surface area (Å²) in [6, 6.07) is 4.34. The third-order valence-electron chi connectivity index (χ3n) is 4.36. The van der Waals surface area contributed by atoms with Gasteiger partial charge in [-0.05, 0) is 31.7 Å². The van der Waals surface area contributed by atoms with E-state index in [9.17, 15) is 5.11 Å². The van der Waals surface area contributed by atoms with Gasteiger partial charge in [-0.2, -0.15) is 0 Å². The zero-order valence-corrected chi connectivity index (χ0v) is 11.4. The Kier molecular flexibility index (Phi) is 3.51. The predicted molar refractivity (Wildman–Crippen MR) is 71.7 cm³/mol. The Labute approximate surface area is 113 Å². The van der Waals surface area contributed by atoms with Crippen LogP contribution in [0.4, 0.5) is 0 Å². The molecule has 0 aliphatic carbocycles. The molecule has 1 unspecified atom stereocenters. The molecule has 2 aliphatic heterocycles. The van der Waals surface area contributed by atoms with E-state index in [0.29, 0.717) is 11.5 Å². The van der Waals surface area contributed by atoms with Gasteiger partial charge in [0.2, 0.25) is 6.79 Å². The van der Waals surface area contributed by atoms with Gasteiger partial charge in [0.25, 0.3) is 0 Å². The highest BCUT2D eigenvalue weighted by Gasteiger charge is 2.26. The lowest BCUT2D eigenvalue weighted by molar-refractivity contribution is -0.944. The molecular formula is C15H22NO3+. The SMILES string of the molecule is CC[C@H]1CCCC[NH+]1Cc1cc2c(cc1O)OCO2. The summed E-state index contributed by atoms with van der Waals surface area (Å²) in [7, 11) is 0. The van der Waals surface area contributed by atoms with Gasteiger partial charge in [0, 0.05) is 6.07 Å². The number of quaternary nitrogens is 1. The van der Waals surface area contributed by atoms with Crippen LogP contribution in [-0.4, -0.2) is 24.5 Å². The normalized spacial score (nSPS) is 25.5. The Hall–Kier alpha value is -1.42. The lowest BCUT2D eigenvalue weighted by atomic mass is 9.99. The summed E-state index contributed by atoms with van der Waals surface area (Å²) in [4.78, 5) is 1.59. The molecule has 1 fully saturated rings. The van der Waals surface area contributed by atoms with E-state index in [2.05, 4.69) is 6.92 Å². The van der Waals surface area contributed by atoms with Crippen LogP contribution in [0.15, 0.2) is 12.1 Å². The molecule has 1 saturated heterocycles. The number of fused-ring (bicyclic) bond motifs is 1. The Morgan fingerprint density at radius 1 is 1.26 bits per heavy atom. The van der Waals surface area contributed by atoms with Gasteiger partial charge in [-0.25, -0.2) is 0 Å². The molecule has 0 amide bonds. The molecule has 2 N–H and O–H groups in total. The van der Waals surface area contributed by atoms with E-state index in [-0.39, 0.29) is 6.79 Å². The molecule has 0 spiro atoms. The van der Waals surface area contributed by atoms with E-state index in [4.69, 9.17) is 9.47 Å². The maximum atomic E-state index is 10.1. The number of rotatable bonds is 3. The average Bonchev–Trinajstić information content (AvgIpc) is 2.87. The van der Waals surface area contributed by atoms with Gasteiger partial charge in [-0.15, -0.1) is 0 Å². The minimum absolute atomic E-state index is 0.256. The molecule has 2 aliphatic rings. The summed E-state index contributed by atoms with van der Waals surface area (Å²) in [6.45, 7) is 4.59. The van der Waals surface area contributed by atoms with E-state index in [0.717, 1.165) is 23.9 Å². The molecule has 1 aromatic carbocycles. The molecule has 2 atom stereocenters. The third kappa shape index (κ3) is 2.50. The number of hydrogen-bond donors (Lipinski definition) is 2. The van der Waals surface area contributed by atoms with Crippen molar-refractivity contribution in [3.63, 3.8) is 0 Å². The number of phenolic OH excluding ortho intramolecular Hbond substituents is 1. The lowest BCUT2D eigenvalue weighted by Crippen LogP contribution is -3.15. The molecule has 0 radical (unpaired) electrons. The van der Waals surface area contributed by atoms with Crippen molar-refractivity contribution in [2.75, 3.05) is 13.3 Å². The zero-order chi connectivity index (χ0) is 13.2. The number of benzene rings is 1. The van der Waals surface area contributed by atoms with E-state index in [1.807, 2.05) is 6.07 Å². The Morgan fingerprint density at radius 3 is 2.84 bits per heavy atom. The van der Waals surface area contributed by atoms with Crippen LogP contribution in [0.3, 0.4) is 0 Å². The van der Waals surface area contributed by atoms with Gasteiger partial charge in [-0.1, -0.05) is 6.92 Å². The topological polar surface area (TPSA) is 43.1 Å². The van der Waals surface area contributed by atoms with Gasteiger partial charge >= 0.3 is 0 Å². The first-order valence-corrected chi connectivity index (χ1v) is 7.24. The Balaban J connectivity index is 1.78. The van der Waals surface area contributed by atoms with Crippen LogP contribution in [0.1, 0.15) is 38.2 Å². The second-order valence-corrected chi connectivity index (χ2v) is 5.52. The highest BCUT2D eigenvalue weighted by atomic mass is 16.7. The van der Waals surface area contributed by atoms with Crippen LogP contribution in [0, 0.1) is 0 Å². The first-order valence-electron chi connectivity index (χ1n) is 7.24. The molecule has 2 heterocycles. The fourth-order valence-electron chi connectivity index (χ4n) is 3.24. The molecule has 19 heavy (non-hydrogen) atoms. The van der Waals surface area contributed by atoms with Crippen molar-refractivity contribution in [1.29, 1.82) is 0 Å². The van der Waals surface area contributed by atoms with Gasteiger partial charge in [0.15, 0.2) is 11.5 Å². The van der Waals surface area contributed by atoms with Crippen LogP contribution in [0.25, 0.3) is 0 Å². The molecule has 0 saturated carbocycles. The monoisotopic (exact) mass is 264 g/mol. The standard InChI is InChI=1S/C15H21NO3/c1-2-12-5-3-4-6-16(12)9-11-7-14-15(8-13(11)17)19-10-18-14/h7-8,12,17H,2-6,9-10H2,1H3/p+1/t12-/m0/s1. The fraction of sp³-hybridized carbons (Fsp3) is 0.600. The summed E-state index contributed by atoms with van der Waals surface area (Å²) in [5.41, 5.74) is 0.972. The van der Waals surface area contributed by atoms with Crippen LogP contribution in [0.5, 0.6) is 17.2 Å². The number of hydrogen-bond acceptors (Lipinski definition) is 3. The molecule has 4 heteroatoms. The Bertz CT molecular complexity index is 461. The number of phenols is 1. The third-order valence-corrected chi connectivity index (χ3v) is 4.36. The molecule has 3 rings (SSSR count). The Morgan fingerprint density at radius 2 is 2.05 bits per heavy atom. The van der Waals surface area contributed by atoms with Crippen molar-refractivity contribution >= 4 is 0 Å². The summed E-state index contributed by atoms with van der Waals surface area (Å²) < 4.78 is 10.7. The van der Waals surface area contributed by atoms with Crippen LogP contribution in [0.2, 0.25) is 0 Å². The van der Waals surface area contributed by atoms with Gasteiger partial charge in [0.05, 0.1) is 18.2 Å². The van der Waals surface area contributed by atoms with Crippen LogP contribution < -0.4 is 14.4 Å². The average molecular weight is 264 g/mol. The highest BCUT2D eigenvalue weighted by molar-refractivity contribution is 5.50. The van der Waals surface area contributed by atoms with E-state index >= 15 is 0 Å². The van der Waals surface area contributed by atoms with E-state index in [1.54, 1.807) is 11.0 Å². The van der Waals surface area contributed by atoms with Gasteiger partial charge in [-0.3, -0.25) is 0 Å². The largest absolute Gasteiger partial charge is 0.507 e. The number of aromatic hydroxyl groups is 1. The second-order valence-electron chi connectivity index (χ2n) is 5.52. The number of likely N-dealkylation sites (tertiary alicyclic amines) is 1. The molecule has 0 aromatic heterocycles. The number of nitrogens with one attached hydrogen (secondary N) is 1. The van der Waals surface area contributed by atoms with Crippen molar-refractivity contribution < 1.29 is 19.5 Å². The van der Waals surface area contributed by atoms with Crippen molar-refractivity contribution in [3.8, 4) is 17.2 Å². The smallest absolute Gasteiger partial charge is 0.231 e. The minimum Gasteiger partial charge on any atom is -0.507 e. The summed E-state index contributed by atoms with van der Waals surface area (Å²) in [6.07, 6.45) is 5.14. The summed E-state index contributed by atoms with van der Waals surface area (Å²) in [5, 5.41) is 10.1. The van der Waals surface area contributed by atoms with Gasteiger partial charge < -0.3 is 19.5 Å². The number of piperidine rings is 1. The molecule has 1 aromatic rings. The molecule has 0 bridgehead atoms. The molecule has 104 valence electrons. The first kappa shape index (κ1) is 12.6. The highest BCUT2D eigenvalue weighted by Crippen LogP contribution is 2.37. The fourth-order valence-corrected chi connectivity index (χ4v) is 3.24. The van der Waals surface area contributed by atoms with Crippen LogP contribution >= 0.6 is 0 Å². The first-order chi connectivity index (χ1) is 9.28. The summed E-state index contributed by atoms with van der Waals surface area (Å²) >= 11 is 0. The molecule has 4 nitrogen and oxygen atoms in total. The van der Waals surface area contributed by atoms with E-state index in [1.165, 1.54) is 32.2 Å². The van der Waals surface area contributed by atoms with Crippen molar-refractivity contribution in [1.82, 2.24) is 0 Å². The zero-order valence-electron chi connectivity index (χ0n) is 11.4. The maximum absolute atomic E-state index is 10.1.